The molecule has 0 unspecified atom stereocenters. The summed E-state index contributed by atoms with van der Waals surface area (Å²) in [6.45, 7) is 1.64. The monoisotopic (exact) mass is 351 g/mol. The van der Waals surface area contributed by atoms with Crippen LogP contribution in [0.5, 0.6) is 0 Å². The molecule has 0 atom stereocenters. The first-order chi connectivity index (χ1) is 11.6. The number of halogens is 2. The van der Waals surface area contributed by atoms with Crippen molar-refractivity contribution in [1.29, 1.82) is 0 Å². The molecule has 0 aliphatic carbocycles. The largest absolute Gasteiger partial charge is 0.322 e. The molecule has 4 nitrogen and oxygen atoms in total. The predicted molar refractivity (Wildman–Crippen MR) is 92.8 cm³/mol. The number of amides is 2. The molecule has 1 aromatic carbocycles. The van der Waals surface area contributed by atoms with Crippen molar-refractivity contribution in [2.45, 2.75) is 6.43 Å². The molecule has 3 rings (SSSR count). The van der Waals surface area contributed by atoms with Crippen LogP contribution >= 0.6 is 11.3 Å². The molecule has 1 aliphatic heterocycles. The highest BCUT2D eigenvalue weighted by atomic mass is 32.1. The van der Waals surface area contributed by atoms with E-state index >= 15 is 0 Å². The van der Waals surface area contributed by atoms with Gasteiger partial charge in [-0.2, -0.15) is 0 Å². The number of urea groups is 1. The van der Waals surface area contributed by atoms with Gasteiger partial charge in [0.25, 0.3) is 6.43 Å². The molecule has 24 heavy (non-hydrogen) atoms. The van der Waals surface area contributed by atoms with Crippen molar-refractivity contribution in [2.24, 2.45) is 0 Å². The van der Waals surface area contributed by atoms with Crippen molar-refractivity contribution in [3.05, 3.63) is 41.8 Å². The Balaban J connectivity index is 1.62. The number of nitrogens with zero attached hydrogens (tertiary/aromatic N) is 2. The van der Waals surface area contributed by atoms with Crippen LogP contribution in [0.15, 0.2) is 41.8 Å². The molecule has 1 aromatic heterocycles. The summed E-state index contributed by atoms with van der Waals surface area (Å²) in [6.07, 6.45) is -2.33. The highest BCUT2D eigenvalue weighted by Gasteiger charge is 2.23. The number of para-hydroxylation sites is 1. The lowest BCUT2D eigenvalue weighted by molar-refractivity contribution is 0.0651. The molecule has 1 N–H and O–H groups in total. The van der Waals surface area contributed by atoms with Crippen molar-refractivity contribution in [3.8, 4) is 10.4 Å². The number of anilines is 1. The Morgan fingerprint density at radius 2 is 1.88 bits per heavy atom. The first-order valence-corrected chi connectivity index (χ1v) is 8.71. The second-order valence-corrected chi connectivity index (χ2v) is 6.58. The lowest BCUT2D eigenvalue weighted by Crippen LogP contribution is -2.50. The van der Waals surface area contributed by atoms with Gasteiger partial charge in [0.1, 0.15) is 0 Å². The molecule has 1 saturated heterocycles. The van der Waals surface area contributed by atoms with Crippen molar-refractivity contribution in [3.63, 3.8) is 0 Å². The fraction of sp³-hybridized carbons (Fsp3) is 0.353. The third-order valence-electron chi connectivity index (χ3n) is 4.01. The lowest BCUT2D eigenvalue weighted by Gasteiger charge is -2.34. The SMILES string of the molecule is O=C(Nc1ccccc1-c1cccs1)N1CCN(CC(F)F)CC1. The van der Waals surface area contributed by atoms with Gasteiger partial charge in [0.15, 0.2) is 0 Å². The smallest absolute Gasteiger partial charge is 0.321 e. The Labute approximate surface area is 143 Å². The number of hydrogen-bond donors (Lipinski definition) is 1. The number of carbonyl (C=O) groups is 1. The summed E-state index contributed by atoms with van der Waals surface area (Å²) in [7, 11) is 0. The number of piperazine rings is 1. The van der Waals surface area contributed by atoms with E-state index in [1.54, 1.807) is 21.1 Å². The number of benzene rings is 1. The molecular formula is C17H19F2N3OS. The molecule has 2 heterocycles. The molecule has 2 aromatic rings. The van der Waals surface area contributed by atoms with Crippen molar-refractivity contribution < 1.29 is 13.6 Å². The number of rotatable bonds is 4. The maximum Gasteiger partial charge on any atom is 0.321 e. The van der Waals surface area contributed by atoms with E-state index in [-0.39, 0.29) is 12.6 Å². The van der Waals surface area contributed by atoms with Gasteiger partial charge >= 0.3 is 6.03 Å². The van der Waals surface area contributed by atoms with Crippen molar-refractivity contribution in [2.75, 3.05) is 38.0 Å². The van der Waals surface area contributed by atoms with Gasteiger partial charge in [0.2, 0.25) is 0 Å². The maximum atomic E-state index is 12.5. The van der Waals surface area contributed by atoms with E-state index in [2.05, 4.69) is 5.32 Å². The zero-order valence-electron chi connectivity index (χ0n) is 13.1. The van der Waals surface area contributed by atoms with Crippen LogP contribution in [0.3, 0.4) is 0 Å². The molecular weight excluding hydrogens is 332 g/mol. The molecule has 128 valence electrons. The normalized spacial score (nSPS) is 15.7. The van der Waals surface area contributed by atoms with Gasteiger partial charge in [-0.05, 0) is 17.5 Å². The Kier molecular flexibility index (Phi) is 5.42. The zero-order chi connectivity index (χ0) is 16.9. The quantitative estimate of drug-likeness (QED) is 0.909. The summed E-state index contributed by atoms with van der Waals surface area (Å²) in [5, 5.41) is 4.95. The molecule has 0 saturated carbocycles. The van der Waals surface area contributed by atoms with Crippen molar-refractivity contribution >= 4 is 23.1 Å². The van der Waals surface area contributed by atoms with Crippen LogP contribution < -0.4 is 5.32 Å². The third kappa shape index (κ3) is 4.10. The second-order valence-electron chi connectivity index (χ2n) is 5.63. The minimum absolute atomic E-state index is 0.185. The first-order valence-electron chi connectivity index (χ1n) is 7.83. The topological polar surface area (TPSA) is 35.6 Å². The average Bonchev–Trinajstić information content (AvgIpc) is 3.10. The Morgan fingerprint density at radius 3 is 2.54 bits per heavy atom. The van der Waals surface area contributed by atoms with E-state index in [4.69, 9.17) is 0 Å². The van der Waals surface area contributed by atoms with Crippen LogP contribution in [0.25, 0.3) is 10.4 Å². The van der Waals surface area contributed by atoms with E-state index in [1.807, 2.05) is 41.8 Å². The number of alkyl halides is 2. The van der Waals surface area contributed by atoms with Crippen molar-refractivity contribution in [1.82, 2.24) is 9.80 Å². The zero-order valence-corrected chi connectivity index (χ0v) is 13.9. The Hall–Kier alpha value is -1.99. The van der Waals surface area contributed by atoms with E-state index in [0.717, 1.165) is 16.1 Å². The van der Waals surface area contributed by atoms with E-state index < -0.39 is 6.43 Å². The fourth-order valence-corrected chi connectivity index (χ4v) is 3.53. The molecule has 2 amide bonds. The first kappa shape index (κ1) is 16.9. The van der Waals surface area contributed by atoms with E-state index in [0.29, 0.717) is 26.2 Å². The Morgan fingerprint density at radius 1 is 1.12 bits per heavy atom. The predicted octanol–water partition coefficient (Wildman–Crippen LogP) is 3.83. The standard InChI is InChI=1S/C17H19F2N3OS/c18-16(19)12-21-7-9-22(10-8-21)17(23)20-14-5-2-1-4-13(14)15-6-3-11-24-15/h1-6,11,16H,7-10,12H2,(H,20,23). The molecule has 1 aliphatic rings. The van der Waals surface area contributed by atoms with Gasteiger partial charge in [0.05, 0.1) is 12.2 Å². The molecule has 0 bridgehead atoms. The summed E-state index contributed by atoms with van der Waals surface area (Å²) in [5.74, 6) is 0. The number of hydrogen-bond acceptors (Lipinski definition) is 3. The van der Waals surface area contributed by atoms with Gasteiger partial charge in [-0.1, -0.05) is 24.3 Å². The summed E-state index contributed by atoms with van der Waals surface area (Å²) >= 11 is 1.62. The van der Waals surface area contributed by atoms with Crippen LogP contribution in [0.1, 0.15) is 0 Å². The van der Waals surface area contributed by atoms with Gasteiger partial charge in [-0.25, -0.2) is 13.6 Å². The number of thiophene rings is 1. The summed E-state index contributed by atoms with van der Waals surface area (Å²) in [5.41, 5.74) is 1.75. The van der Waals surface area contributed by atoms with E-state index in [9.17, 15) is 13.6 Å². The minimum atomic E-state index is -2.33. The van der Waals surface area contributed by atoms with Gasteiger partial charge in [-0.3, -0.25) is 4.90 Å². The van der Waals surface area contributed by atoms with Gasteiger partial charge in [0, 0.05) is 36.6 Å². The summed E-state index contributed by atoms with van der Waals surface area (Å²) in [6, 6.07) is 11.5. The van der Waals surface area contributed by atoms with Crippen LogP contribution in [0.4, 0.5) is 19.3 Å². The van der Waals surface area contributed by atoms with Crippen LogP contribution in [0, 0.1) is 0 Å². The highest BCUT2D eigenvalue weighted by molar-refractivity contribution is 7.13. The lowest BCUT2D eigenvalue weighted by atomic mass is 10.1. The Bertz CT molecular complexity index is 670. The molecule has 7 heteroatoms. The minimum Gasteiger partial charge on any atom is -0.322 e. The third-order valence-corrected chi connectivity index (χ3v) is 4.91. The molecule has 0 radical (unpaired) electrons. The summed E-state index contributed by atoms with van der Waals surface area (Å²) in [4.78, 5) is 16.9. The van der Waals surface area contributed by atoms with Crippen LogP contribution in [0.2, 0.25) is 0 Å². The van der Waals surface area contributed by atoms with Crippen LogP contribution in [-0.4, -0.2) is 55.0 Å². The van der Waals surface area contributed by atoms with Gasteiger partial charge in [-0.15, -0.1) is 11.3 Å². The summed E-state index contributed by atoms with van der Waals surface area (Å²) < 4.78 is 24.8. The van der Waals surface area contributed by atoms with Gasteiger partial charge < -0.3 is 10.2 Å². The second kappa shape index (κ2) is 7.72. The maximum absolute atomic E-state index is 12.5. The molecule has 0 spiro atoms. The van der Waals surface area contributed by atoms with Crippen LogP contribution in [-0.2, 0) is 0 Å². The highest BCUT2D eigenvalue weighted by Crippen LogP contribution is 2.31. The average molecular weight is 351 g/mol. The number of nitrogens with one attached hydrogen (secondary N) is 1. The molecule has 1 fully saturated rings. The number of carbonyl (C=O) groups excluding carboxylic acids is 1. The van der Waals surface area contributed by atoms with E-state index in [1.165, 1.54) is 0 Å². The fourth-order valence-electron chi connectivity index (χ4n) is 2.76.